The monoisotopic (exact) mass is 295 g/mol. The van der Waals surface area contributed by atoms with Crippen LogP contribution in [-0.4, -0.2) is 31.5 Å². The quantitative estimate of drug-likeness (QED) is 0.820. The third-order valence-corrected chi connectivity index (χ3v) is 4.08. The standard InChI is InChI=1S/C16H22ClNO2/c1-20-11-13(9-10-17)18-16(19)15-8-4-6-12-5-2-3-7-14(12)15/h2-3,5,7,13,15H,4,6,8-11H2,1H3,(H,18,19). The molecule has 1 amide bonds. The van der Waals surface area contributed by atoms with Crippen molar-refractivity contribution in [2.45, 2.75) is 37.6 Å². The Balaban J connectivity index is 2.06. The molecule has 1 aromatic rings. The lowest BCUT2D eigenvalue weighted by molar-refractivity contribution is -0.124. The normalized spacial score (nSPS) is 19.2. The van der Waals surface area contributed by atoms with Gasteiger partial charge in [-0.1, -0.05) is 24.3 Å². The molecule has 3 nitrogen and oxygen atoms in total. The molecule has 0 saturated heterocycles. The van der Waals surface area contributed by atoms with Crippen molar-refractivity contribution in [3.05, 3.63) is 35.4 Å². The summed E-state index contributed by atoms with van der Waals surface area (Å²) in [4.78, 5) is 12.5. The van der Waals surface area contributed by atoms with E-state index in [0.29, 0.717) is 12.5 Å². The predicted molar refractivity (Wildman–Crippen MR) is 81.3 cm³/mol. The number of aryl methyl sites for hydroxylation is 1. The first-order valence-electron chi connectivity index (χ1n) is 7.19. The molecule has 1 aliphatic rings. The van der Waals surface area contributed by atoms with E-state index in [1.165, 1.54) is 11.1 Å². The van der Waals surface area contributed by atoms with E-state index in [4.69, 9.17) is 16.3 Å². The zero-order chi connectivity index (χ0) is 14.4. The van der Waals surface area contributed by atoms with Gasteiger partial charge in [0, 0.05) is 13.0 Å². The van der Waals surface area contributed by atoms with Crippen LogP contribution in [-0.2, 0) is 16.0 Å². The van der Waals surface area contributed by atoms with Crippen molar-refractivity contribution in [1.82, 2.24) is 5.32 Å². The minimum absolute atomic E-state index is 0.000844. The Bertz CT molecular complexity index is 444. The first-order valence-corrected chi connectivity index (χ1v) is 7.72. The lowest BCUT2D eigenvalue weighted by Gasteiger charge is -2.27. The van der Waals surface area contributed by atoms with Gasteiger partial charge in [-0.2, -0.15) is 0 Å². The Morgan fingerprint density at radius 1 is 1.50 bits per heavy atom. The molecule has 0 saturated carbocycles. The van der Waals surface area contributed by atoms with Crippen LogP contribution in [0.5, 0.6) is 0 Å². The maximum Gasteiger partial charge on any atom is 0.227 e. The van der Waals surface area contributed by atoms with Crippen molar-refractivity contribution in [2.75, 3.05) is 19.6 Å². The SMILES string of the molecule is COCC(CCCl)NC(=O)C1CCCc2ccccc21. The summed E-state index contributed by atoms with van der Waals surface area (Å²) in [5.74, 6) is 0.592. The van der Waals surface area contributed by atoms with Crippen molar-refractivity contribution in [3.63, 3.8) is 0 Å². The predicted octanol–water partition coefficient (Wildman–Crippen LogP) is 2.87. The molecule has 0 fully saturated rings. The lowest BCUT2D eigenvalue weighted by atomic mass is 9.82. The van der Waals surface area contributed by atoms with Gasteiger partial charge in [-0.25, -0.2) is 0 Å². The largest absolute Gasteiger partial charge is 0.383 e. The smallest absolute Gasteiger partial charge is 0.227 e. The number of rotatable bonds is 6. The maximum absolute atomic E-state index is 12.5. The highest BCUT2D eigenvalue weighted by Crippen LogP contribution is 2.31. The number of nitrogens with one attached hydrogen (secondary N) is 1. The van der Waals surface area contributed by atoms with Gasteiger partial charge in [-0.15, -0.1) is 11.6 Å². The molecule has 2 unspecified atom stereocenters. The highest BCUT2D eigenvalue weighted by atomic mass is 35.5. The Labute approximate surface area is 125 Å². The second-order valence-corrected chi connectivity index (χ2v) is 5.66. The van der Waals surface area contributed by atoms with Crippen LogP contribution >= 0.6 is 11.6 Å². The van der Waals surface area contributed by atoms with Crippen LogP contribution in [0.3, 0.4) is 0 Å². The van der Waals surface area contributed by atoms with E-state index in [0.717, 1.165) is 25.7 Å². The van der Waals surface area contributed by atoms with Gasteiger partial charge in [0.2, 0.25) is 5.91 Å². The number of carbonyl (C=O) groups excluding carboxylic acids is 1. The summed E-state index contributed by atoms with van der Waals surface area (Å²) in [6, 6.07) is 8.25. The third-order valence-electron chi connectivity index (χ3n) is 3.86. The summed E-state index contributed by atoms with van der Waals surface area (Å²) < 4.78 is 5.14. The zero-order valence-electron chi connectivity index (χ0n) is 11.9. The second-order valence-electron chi connectivity index (χ2n) is 5.28. The summed E-state index contributed by atoms with van der Waals surface area (Å²) in [5.41, 5.74) is 2.48. The van der Waals surface area contributed by atoms with E-state index in [1.54, 1.807) is 7.11 Å². The third kappa shape index (κ3) is 3.74. The van der Waals surface area contributed by atoms with Crippen LogP contribution in [0, 0.1) is 0 Å². The molecule has 0 spiro atoms. The van der Waals surface area contributed by atoms with Gasteiger partial charge >= 0.3 is 0 Å². The number of hydrogen-bond donors (Lipinski definition) is 1. The summed E-state index contributed by atoms with van der Waals surface area (Å²) in [7, 11) is 1.64. The molecule has 0 bridgehead atoms. The van der Waals surface area contributed by atoms with Crippen LogP contribution in [0.4, 0.5) is 0 Å². The van der Waals surface area contributed by atoms with Crippen molar-refractivity contribution < 1.29 is 9.53 Å². The highest BCUT2D eigenvalue weighted by molar-refractivity contribution is 6.17. The number of fused-ring (bicyclic) bond motifs is 1. The van der Waals surface area contributed by atoms with E-state index in [9.17, 15) is 4.79 Å². The Hall–Kier alpha value is -1.06. The van der Waals surface area contributed by atoms with Crippen LogP contribution < -0.4 is 5.32 Å². The van der Waals surface area contributed by atoms with Crippen molar-refractivity contribution in [2.24, 2.45) is 0 Å². The van der Waals surface area contributed by atoms with Crippen LogP contribution in [0.2, 0.25) is 0 Å². The topological polar surface area (TPSA) is 38.3 Å². The first-order chi connectivity index (χ1) is 9.76. The number of halogens is 1. The second kappa shape index (κ2) is 7.65. The number of alkyl halides is 1. The first kappa shape index (κ1) is 15.3. The summed E-state index contributed by atoms with van der Waals surface area (Å²) in [6.45, 7) is 0.507. The number of hydrogen-bond acceptors (Lipinski definition) is 2. The number of amides is 1. The fraction of sp³-hybridized carbons (Fsp3) is 0.562. The van der Waals surface area contributed by atoms with Gasteiger partial charge in [0.25, 0.3) is 0 Å². The van der Waals surface area contributed by atoms with Crippen LogP contribution in [0.1, 0.15) is 36.3 Å². The van der Waals surface area contributed by atoms with Crippen LogP contribution in [0.25, 0.3) is 0 Å². The van der Waals surface area contributed by atoms with Gasteiger partial charge in [-0.3, -0.25) is 4.79 Å². The van der Waals surface area contributed by atoms with Crippen molar-refractivity contribution in [3.8, 4) is 0 Å². The van der Waals surface area contributed by atoms with Crippen molar-refractivity contribution in [1.29, 1.82) is 0 Å². The minimum Gasteiger partial charge on any atom is -0.383 e. The summed E-state index contributed by atoms with van der Waals surface area (Å²) in [5, 5.41) is 3.08. The number of benzene rings is 1. The van der Waals surface area contributed by atoms with Gasteiger partial charge < -0.3 is 10.1 Å². The molecule has 0 heterocycles. The fourth-order valence-electron chi connectivity index (χ4n) is 2.86. The Morgan fingerprint density at radius 3 is 3.05 bits per heavy atom. The summed E-state index contributed by atoms with van der Waals surface area (Å²) >= 11 is 5.78. The molecule has 0 aliphatic heterocycles. The number of methoxy groups -OCH3 is 1. The molecule has 110 valence electrons. The van der Waals surface area contributed by atoms with Gasteiger partial charge in [0.15, 0.2) is 0 Å². The molecular formula is C16H22ClNO2. The van der Waals surface area contributed by atoms with Gasteiger partial charge in [0.1, 0.15) is 0 Å². The Kier molecular flexibility index (Phi) is 5.86. The number of carbonyl (C=O) groups is 1. The highest BCUT2D eigenvalue weighted by Gasteiger charge is 2.27. The van der Waals surface area contributed by atoms with E-state index in [1.807, 2.05) is 12.1 Å². The average molecular weight is 296 g/mol. The molecule has 4 heteroatoms. The summed E-state index contributed by atoms with van der Waals surface area (Å²) in [6.07, 6.45) is 3.79. The number of ether oxygens (including phenoxy) is 1. The maximum atomic E-state index is 12.5. The minimum atomic E-state index is -0.0327. The van der Waals surface area contributed by atoms with Gasteiger partial charge in [-0.05, 0) is 36.8 Å². The lowest BCUT2D eigenvalue weighted by Crippen LogP contribution is -2.41. The molecule has 2 rings (SSSR count). The molecule has 0 aromatic heterocycles. The van der Waals surface area contributed by atoms with E-state index in [-0.39, 0.29) is 17.9 Å². The Morgan fingerprint density at radius 2 is 2.30 bits per heavy atom. The zero-order valence-corrected chi connectivity index (χ0v) is 12.7. The van der Waals surface area contributed by atoms with E-state index in [2.05, 4.69) is 17.4 Å². The molecule has 0 radical (unpaired) electrons. The van der Waals surface area contributed by atoms with Gasteiger partial charge in [0.05, 0.1) is 18.6 Å². The van der Waals surface area contributed by atoms with Crippen LogP contribution in [0.15, 0.2) is 24.3 Å². The van der Waals surface area contributed by atoms with E-state index < -0.39 is 0 Å². The molecule has 2 atom stereocenters. The fourth-order valence-corrected chi connectivity index (χ4v) is 3.12. The molecule has 20 heavy (non-hydrogen) atoms. The molecule has 1 aliphatic carbocycles. The molecule has 1 N–H and O–H groups in total. The van der Waals surface area contributed by atoms with E-state index >= 15 is 0 Å². The average Bonchev–Trinajstić information content (AvgIpc) is 2.47. The van der Waals surface area contributed by atoms with Crippen molar-refractivity contribution >= 4 is 17.5 Å². The molecular weight excluding hydrogens is 274 g/mol. The molecule has 1 aromatic carbocycles.